The van der Waals surface area contributed by atoms with Crippen molar-refractivity contribution in [3.63, 3.8) is 0 Å². The number of benzene rings is 4. The van der Waals surface area contributed by atoms with Gasteiger partial charge in [0.15, 0.2) is 11.6 Å². The van der Waals surface area contributed by atoms with Crippen LogP contribution in [0.5, 0.6) is 0 Å². The fraction of sp³-hybridized carbons (Fsp3) is 0.464. The molecule has 5 fully saturated rings. The minimum Gasteiger partial charge on any atom is -0.378 e. The average Bonchev–Trinajstić information content (AvgIpc) is 0.918. The third-order valence-electron chi connectivity index (χ3n) is 18.3. The standard InChI is InChI=1S/C69H88N20O6/c1-7-8-29-80-35-37-83(38-36-80)63(91)54-16-24-59(25-17-54)89(68(92)70-55-18-10-51(11-19-55)60-72-64(76-65(73-60)85-41-45-94-46-42-85)84-31-9-30-81(39-40-84)49(2)3)88(58-22-14-53(15-23-58)62(90)82-32-27-57(28-33-82)79(5)6)69(93)71-56-20-12-52(13-21-56)61-74-66(86-43-47-95-48-44-86)77-67(75-61)87-34-26-50(4)78-87/h10-26,34,49,57H,7-9,27-33,35-48H2,1-6H3,(H,70,92)(H,71,93). The quantitative estimate of drug-likeness (QED) is 0.0824. The number of piperazine rings is 1. The first-order valence-corrected chi connectivity index (χ1v) is 33.5. The lowest BCUT2D eigenvalue weighted by molar-refractivity contribution is 0.0634. The van der Waals surface area contributed by atoms with Gasteiger partial charge in [0.25, 0.3) is 17.8 Å². The molecule has 0 saturated carbocycles. The van der Waals surface area contributed by atoms with Crippen molar-refractivity contribution in [1.82, 2.24) is 64.2 Å². The van der Waals surface area contributed by atoms with Crippen LogP contribution in [0.3, 0.4) is 0 Å². The molecule has 26 heteroatoms. The first kappa shape index (κ1) is 65.8. The van der Waals surface area contributed by atoms with Gasteiger partial charge in [0.1, 0.15) is 0 Å². The highest BCUT2D eigenvalue weighted by atomic mass is 16.5. The van der Waals surface area contributed by atoms with Gasteiger partial charge >= 0.3 is 12.1 Å². The molecule has 26 nitrogen and oxygen atoms in total. The lowest BCUT2D eigenvalue weighted by Gasteiger charge is -2.36. The molecule has 500 valence electrons. The Balaban J connectivity index is 0.879. The molecule has 0 spiro atoms. The molecule has 2 N–H and O–H groups in total. The number of likely N-dealkylation sites (tertiary alicyclic amines) is 1. The molecule has 5 saturated heterocycles. The Morgan fingerprint density at radius 3 is 1.44 bits per heavy atom. The van der Waals surface area contributed by atoms with E-state index < -0.39 is 12.1 Å². The molecule has 0 atom stereocenters. The Morgan fingerprint density at radius 2 is 0.989 bits per heavy atom. The number of aryl methyl sites for hydroxylation is 1. The maximum Gasteiger partial charge on any atom is 0.345 e. The zero-order valence-corrected chi connectivity index (χ0v) is 55.5. The van der Waals surface area contributed by atoms with E-state index in [1.165, 1.54) is 10.0 Å². The number of nitrogens with one attached hydrogen (secondary N) is 2. The zero-order valence-electron chi connectivity index (χ0n) is 55.5. The first-order chi connectivity index (χ1) is 46.2. The summed E-state index contributed by atoms with van der Waals surface area (Å²) in [7, 11) is 4.13. The van der Waals surface area contributed by atoms with Gasteiger partial charge in [0.2, 0.25) is 17.8 Å². The number of hydrogen-bond donors (Lipinski definition) is 2. The fourth-order valence-electron chi connectivity index (χ4n) is 12.6. The first-order valence-electron chi connectivity index (χ1n) is 33.5. The Bertz CT molecular complexity index is 3730. The number of carbonyl (C=O) groups excluding carboxylic acids is 4. The van der Waals surface area contributed by atoms with E-state index in [1.807, 2.05) is 47.1 Å². The van der Waals surface area contributed by atoms with E-state index in [9.17, 15) is 9.59 Å². The predicted molar refractivity (Wildman–Crippen MR) is 368 cm³/mol. The molecule has 12 rings (SSSR count). The lowest BCUT2D eigenvalue weighted by atomic mass is 10.0. The average molecular weight is 1290 g/mol. The third kappa shape index (κ3) is 16.0. The molecule has 4 aromatic carbocycles. The van der Waals surface area contributed by atoms with Gasteiger partial charge in [-0.15, -0.1) is 0 Å². The summed E-state index contributed by atoms with van der Waals surface area (Å²) in [6, 6.07) is 29.1. The van der Waals surface area contributed by atoms with Crippen LogP contribution in [0.2, 0.25) is 0 Å². The number of hydrogen-bond acceptors (Lipinski definition) is 19. The summed E-state index contributed by atoms with van der Waals surface area (Å²) in [6.45, 7) is 21.7. The van der Waals surface area contributed by atoms with Crippen molar-refractivity contribution < 1.29 is 28.7 Å². The second-order valence-corrected chi connectivity index (χ2v) is 25.3. The molecule has 95 heavy (non-hydrogen) atoms. The summed E-state index contributed by atoms with van der Waals surface area (Å²) in [6.07, 6.45) is 6.68. The second-order valence-electron chi connectivity index (χ2n) is 25.3. The molecule has 7 aromatic rings. The molecule has 5 aliphatic heterocycles. The van der Waals surface area contributed by atoms with Crippen LogP contribution in [0, 0.1) is 6.92 Å². The van der Waals surface area contributed by atoms with Crippen LogP contribution < -0.4 is 35.4 Å². The van der Waals surface area contributed by atoms with Crippen LogP contribution in [0.1, 0.15) is 79.3 Å². The van der Waals surface area contributed by atoms with Crippen molar-refractivity contribution >= 4 is 64.5 Å². The van der Waals surface area contributed by atoms with E-state index in [4.69, 9.17) is 39.4 Å². The van der Waals surface area contributed by atoms with Crippen molar-refractivity contribution in [2.24, 2.45) is 0 Å². The van der Waals surface area contributed by atoms with Crippen molar-refractivity contribution in [2.45, 2.75) is 71.9 Å². The van der Waals surface area contributed by atoms with E-state index in [0.717, 1.165) is 83.6 Å². The number of morpholine rings is 2. The summed E-state index contributed by atoms with van der Waals surface area (Å²) in [5.41, 5.74) is 4.37. The van der Waals surface area contributed by atoms with Gasteiger partial charge < -0.3 is 49.5 Å². The van der Waals surface area contributed by atoms with Crippen LogP contribution >= 0.6 is 0 Å². The summed E-state index contributed by atoms with van der Waals surface area (Å²) in [5.74, 6) is 2.66. The number of carbonyl (C=O) groups is 4. The maximum absolute atomic E-state index is 15.6. The van der Waals surface area contributed by atoms with Crippen LogP contribution in [0.25, 0.3) is 28.7 Å². The molecule has 0 aliphatic carbocycles. The van der Waals surface area contributed by atoms with Crippen LogP contribution in [-0.4, -0.2) is 239 Å². The highest BCUT2D eigenvalue weighted by Crippen LogP contribution is 2.31. The fourth-order valence-corrected chi connectivity index (χ4v) is 12.6. The molecule has 0 bridgehead atoms. The van der Waals surface area contributed by atoms with E-state index in [-0.39, 0.29) is 23.2 Å². The monoisotopic (exact) mass is 1290 g/mol. The SMILES string of the molecule is CCCCN1CCN(C(=O)c2ccc(N(C(=O)Nc3ccc(-c4nc(N5CCOCC5)nc(N5CCCN(C(C)C)CC5)n4)cc3)N(C(=O)Nc3ccc(-c4nc(N5CCOCC5)nc(-n5ccc(C)n5)n4)cc3)c3ccc(C(=O)N4CCC(N(C)C)CC4)cc3)cc2)CC1. The van der Waals surface area contributed by atoms with Gasteiger partial charge in [-0.2, -0.15) is 45.0 Å². The minimum absolute atomic E-state index is 0.124. The van der Waals surface area contributed by atoms with Crippen molar-refractivity contribution in [3.8, 4) is 28.7 Å². The number of urea groups is 2. The van der Waals surface area contributed by atoms with E-state index in [2.05, 4.69) is 80.0 Å². The van der Waals surface area contributed by atoms with E-state index >= 15 is 9.59 Å². The molecular weight excluding hydrogens is 1200 g/mol. The van der Waals surface area contributed by atoms with Crippen LogP contribution in [-0.2, 0) is 9.47 Å². The lowest BCUT2D eigenvalue weighted by Crippen LogP contribution is -2.54. The van der Waals surface area contributed by atoms with E-state index in [1.54, 1.807) is 83.7 Å². The number of anilines is 7. The summed E-state index contributed by atoms with van der Waals surface area (Å²) < 4.78 is 13.0. The Labute approximate surface area is 555 Å². The van der Waals surface area contributed by atoms with Crippen LogP contribution in [0.4, 0.5) is 50.2 Å². The van der Waals surface area contributed by atoms with Crippen molar-refractivity contribution in [3.05, 3.63) is 126 Å². The number of nitrogens with zero attached hydrogens (tertiary/aromatic N) is 18. The smallest absolute Gasteiger partial charge is 0.345 e. The molecule has 8 heterocycles. The van der Waals surface area contributed by atoms with E-state index in [0.29, 0.717) is 160 Å². The maximum atomic E-state index is 15.6. The zero-order chi connectivity index (χ0) is 66.0. The Hall–Kier alpha value is -9.21. The predicted octanol–water partition coefficient (Wildman–Crippen LogP) is 7.89. The normalized spacial score (nSPS) is 17.1. The number of ether oxygens (including phenoxy) is 2. The largest absolute Gasteiger partial charge is 0.378 e. The highest BCUT2D eigenvalue weighted by Gasteiger charge is 2.33. The van der Waals surface area contributed by atoms with Crippen LogP contribution in [0.15, 0.2) is 109 Å². The molecule has 3 aromatic heterocycles. The molecular formula is C69H88N20O6. The minimum atomic E-state index is -0.719. The Kier molecular flexibility index (Phi) is 21.1. The third-order valence-corrected chi connectivity index (χ3v) is 18.3. The summed E-state index contributed by atoms with van der Waals surface area (Å²) in [5, 5.41) is 13.2. The molecule has 0 radical (unpaired) electrons. The molecule has 5 aliphatic rings. The topological polar surface area (TPSA) is 238 Å². The van der Waals surface area contributed by atoms with Gasteiger partial charge in [-0.1, -0.05) is 13.3 Å². The van der Waals surface area contributed by atoms with Crippen molar-refractivity contribution in [2.75, 3.05) is 174 Å². The molecule has 6 amide bonds. The molecule has 0 unspecified atom stereocenters. The number of amides is 6. The number of unbranched alkanes of at least 4 members (excludes halogenated alkanes) is 1. The van der Waals surface area contributed by atoms with Gasteiger partial charge in [-0.05, 0) is 170 Å². The number of hydrazine groups is 1. The van der Waals surface area contributed by atoms with Gasteiger partial charge in [-0.3, -0.25) is 19.4 Å². The highest BCUT2D eigenvalue weighted by molar-refractivity contribution is 6.13. The van der Waals surface area contributed by atoms with Gasteiger partial charge in [0.05, 0.1) is 43.5 Å². The van der Waals surface area contributed by atoms with Gasteiger partial charge in [0, 0.05) is 144 Å². The summed E-state index contributed by atoms with van der Waals surface area (Å²) in [4.78, 5) is 107. The number of piperidine rings is 1. The number of rotatable bonds is 17. The second kappa shape index (κ2) is 30.5. The Morgan fingerprint density at radius 1 is 0.526 bits per heavy atom. The summed E-state index contributed by atoms with van der Waals surface area (Å²) >= 11 is 0. The van der Waals surface area contributed by atoms with Gasteiger partial charge in [-0.25, -0.2) is 14.3 Å². The number of aromatic nitrogens is 8. The van der Waals surface area contributed by atoms with Crippen molar-refractivity contribution in [1.29, 1.82) is 0 Å².